The fraction of sp³-hybridized carbons (Fsp3) is 0.421. The average molecular weight is 388 g/mol. The molecule has 0 radical (unpaired) electrons. The minimum atomic E-state index is -0.00554. The Morgan fingerprint density at radius 3 is 2.65 bits per heavy atom. The quantitative estimate of drug-likeness (QED) is 0.770. The highest BCUT2D eigenvalue weighted by atomic mass is 32.2. The maximum Gasteiger partial charge on any atom is 0.251 e. The molecule has 2 bridgehead atoms. The van der Waals surface area contributed by atoms with Gasteiger partial charge in [-0.05, 0) is 56.0 Å². The van der Waals surface area contributed by atoms with Gasteiger partial charge in [0, 0.05) is 29.5 Å². The van der Waals surface area contributed by atoms with E-state index in [2.05, 4.69) is 15.6 Å². The lowest BCUT2D eigenvalue weighted by molar-refractivity contribution is 0.0867. The van der Waals surface area contributed by atoms with Crippen molar-refractivity contribution in [1.29, 1.82) is 0 Å². The Balaban J connectivity index is 1.37. The molecule has 2 N–H and O–H groups in total. The molecule has 5 rings (SSSR count). The fourth-order valence-electron chi connectivity index (χ4n) is 3.66. The number of amides is 1. The van der Waals surface area contributed by atoms with Crippen molar-refractivity contribution >= 4 is 34.8 Å². The average Bonchev–Trinajstić information content (AvgIpc) is 3.12. The minimum Gasteiger partial charge on any atom is -0.348 e. The van der Waals surface area contributed by atoms with Crippen LogP contribution in [0, 0.1) is 5.92 Å². The van der Waals surface area contributed by atoms with Gasteiger partial charge in [-0.15, -0.1) is 11.3 Å². The number of fused-ring (bicyclic) bond motifs is 3. The lowest BCUT2D eigenvalue weighted by Gasteiger charge is -2.43. The third-order valence-electron chi connectivity index (χ3n) is 5.10. The van der Waals surface area contributed by atoms with E-state index in [0.29, 0.717) is 22.4 Å². The second-order valence-corrected chi connectivity index (χ2v) is 9.30. The van der Waals surface area contributed by atoms with E-state index in [4.69, 9.17) is 0 Å². The molecule has 3 fully saturated rings. The summed E-state index contributed by atoms with van der Waals surface area (Å²) in [4.78, 5) is 29.8. The monoisotopic (exact) mass is 387 g/mol. The van der Waals surface area contributed by atoms with Crippen molar-refractivity contribution in [3.05, 3.63) is 40.9 Å². The van der Waals surface area contributed by atoms with Crippen molar-refractivity contribution < 1.29 is 9.59 Å². The summed E-state index contributed by atoms with van der Waals surface area (Å²) >= 11 is 2.90. The summed E-state index contributed by atoms with van der Waals surface area (Å²) in [5, 5.41) is 6.72. The first-order chi connectivity index (χ1) is 12.6. The van der Waals surface area contributed by atoms with Gasteiger partial charge in [0.25, 0.3) is 5.91 Å². The first kappa shape index (κ1) is 17.7. The Hall–Kier alpha value is -1.70. The van der Waals surface area contributed by atoms with Gasteiger partial charge in [-0.2, -0.15) is 0 Å². The molecular weight excluding hydrogens is 366 g/mol. The number of aromatic nitrogens is 1. The van der Waals surface area contributed by atoms with Gasteiger partial charge < -0.3 is 10.6 Å². The number of benzene rings is 1. The maximum absolute atomic E-state index is 12.5. The maximum atomic E-state index is 12.5. The molecule has 2 aromatic rings. The third-order valence-corrected chi connectivity index (χ3v) is 7.28. The normalized spacial score (nSPS) is 24.4. The van der Waals surface area contributed by atoms with Gasteiger partial charge in [-0.25, -0.2) is 4.98 Å². The van der Waals surface area contributed by atoms with Crippen LogP contribution in [-0.2, 0) is 0 Å². The van der Waals surface area contributed by atoms with Crippen molar-refractivity contribution in [2.75, 3.05) is 6.54 Å². The molecule has 1 aliphatic carbocycles. The molecule has 1 aromatic heterocycles. The molecule has 0 spiro atoms. The lowest BCUT2D eigenvalue weighted by Crippen LogP contribution is -2.59. The number of carbonyl (C=O) groups is 2. The van der Waals surface area contributed by atoms with Crippen LogP contribution in [0.3, 0.4) is 0 Å². The van der Waals surface area contributed by atoms with Crippen LogP contribution in [0.1, 0.15) is 46.2 Å². The number of hydrogen-bond acceptors (Lipinski definition) is 6. The predicted octanol–water partition coefficient (Wildman–Crippen LogP) is 3.37. The van der Waals surface area contributed by atoms with Crippen LogP contribution in [-0.4, -0.2) is 35.3 Å². The highest BCUT2D eigenvalue weighted by Gasteiger charge is 2.36. The summed E-state index contributed by atoms with van der Waals surface area (Å²) in [5.74, 6) is 0.726. The van der Waals surface area contributed by atoms with E-state index in [9.17, 15) is 9.59 Å². The standard InChI is InChI=1S/C19H21N3O2S2/c1-11(23)17-10-21-19(26-17)25-14-5-3-13(4-6-14)18(24)22-16-8-12-2-7-15(16)20-9-12/h3-6,10,12,15-16,20H,2,7-9H2,1H3,(H,22,24). The third kappa shape index (κ3) is 3.84. The van der Waals surface area contributed by atoms with Crippen molar-refractivity contribution in [3.63, 3.8) is 0 Å². The van der Waals surface area contributed by atoms with Crippen LogP contribution in [0.5, 0.6) is 0 Å². The highest BCUT2D eigenvalue weighted by molar-refractivity contribution is 8.01. The number of nitrogens with zero attached hydrogens (tertiary/aromatic N) is 1. The summed E-state index contributed by atoms with van der Waals surface area (Å²) in [6.07, 6.45) is 5.13. The van der Waals surface area contributed by atoms with Gasteiger partial charge >= 0.3 is 0 Å². The van der Waals surface area contributed by atoms with Crippen molar-refractivity contribution in [1.82, 2.24) is 15.6 Å². The summed E-state index contributed by atoms with van der Waals surface area (Å²) in [7, 11) is 0. The van der Waals surface area contributed by atoms with Gasteiger partial charge in [0.2, 0.25) is 0 Å². The predicted molar refractivity (Wildman–Crippen MR) is 103 cm³/mol. The van der Waals surface area contributed by atoms with E-state index in [1.54, 1.807) is 13.1 Å². The number of nitrogens with one attached hydrogen (secondary N) is 2. The number of thiazole rings is 1. The van der Waals surface area contributed by atoms with Crippen molar-refractivity contribution in [2.24, 2.45) is 5.92 Å². The number of ketones is 1. The Bertz CT molecular complexity index is 810. The van der Waals surface area contributed by atoms with Crippen LogP contribution < -0.4 is 10.6 Å². The van der Waals surface area contributed by atoms with Crippen LogP contribution in [0.2, 0.25) is 0 Å². The summed E-state index contributed by atoms with van der Waals surface area (Å²) in [5.41, 5.74) is 0.680. The molecule has 3 heterocycles. The molecule has 1 aromatic carbocycles. The molecule has 26 heavy (non-hydrogen) atoms. The van der Waals surface area contributed by atoms with E-state index in [1.807, 2.05) is 24.3 Å². The van der Waals surface area contributed by atoms with E-state index in [-0.39, 0.29) is 17.7 Å². The Labute approximate surface area is 161 Å². The van der Waals surface area contributed by atoms with E-state index < -0.39 is 0 Å². The zero-order chi connectivity index (χ0) is 18.1. The number of Topliss-reactive ketones (excluding diaryl/α,β-unsaturated/α-hetero) is 1. The van der Waals surface area contributed by atoms with E-state index in [0.717, 1.165) is 28.6 Å². The van der Waals surface area contributed by atoms with Gasteiger partial charge in [0.05, 0.1) is 11.1 Å². The first-order valence-corrected chi connectivity index (χ1v) is 10.5. The number of piperidine rings is 2. The van der Waals surface area contributed by atoms with Crippen LogP contribution >= 0.6 is 23.1 Å². The molecular formula is C19H21N3O2S2. The largest absolute Gasteiger partial charge is 0.348 e. The van der Waals surface area contributed by atoms with Crippen LogP contribution in [0.15, 0.2) is 39.7 Å². The smallest absolute Gasteiger partial charge is 0.251 e. The minimum absolute atomic E-state index is 0.00554. The molecule has 2 aliphatic heterocycles. The SMILES string of the molecule is CC(=O)c1cnc(Sc2ccc(C(=O)NC3CC4CCC3NC4)cc2)s1. The molecule has 5 nitrogen and oxygen atoms in total. The molecule has 3 atom stereocenters. The molecule has 3 aliphatic rings. The van der Waals surface area contributed by atoms with Gasteiger partial charge in [0.1, 0.15) is 0 Å². The number of rotatable bonds is 5. The fourth-order valence-corrected chi connectivity index (χ4v) is 5.51. The van der Waals surface area contributed by atoms with E-state index >= 15 is 0 Å². The van der Waals surface area contributed by atoms with Gasteiger partial charge in [0.15, 0.2) is 10.1 Å². The number of carbonyl (C=O) groups excluding carboxylic acids is 2. The molecule has 1 saturated carbocycles. The highest BCUT2D eigenvalue weighted by Crippen LogP contribution is 2.32. The molecule has 2 saturated heterocycles. The van der Waals surface area contributed by atoms with Crippen LogP contribution in [0.25, 0.3) is 0 Å². The molecule has 7 heteroatoms. The molecule has 136 valence electrons. The zero-order valence-corrected chi connectivity index (χ0v) is 16.2. The van der Waals surface area contributed by atoms with Gasteiger partial charge in [-0.3, -0.25) is 9.59 Å². The van der Waals surface area contributed by atoms with E-state index in [1.165, 1.54) is 29.5 Å². The van der Waals surface area contributed by atoms with Crippen LogP contribution in [0.4, 0.5) is 0 Å². The first-order valence-electron chi connectivity index (χ1n) is 8.87. The van der Waals surface area contributed by atoms with Crippen molar-refractivity contribution in [3.8, 4) is 0 Å². The summed E-state index contributed by atoms with van der Waals surface area (Å²) < 4.78 is 0.830. The lowest BCUT2D eigenvalue weighted by atomic mass is 9.78. The number of hydrogen-bond donors (Lipinski definition) is 2. The Kier molecular flexibility index (Phi) is 5.11. The van der Waals surface area contributed by atoms with Gasteiger partial charge in [-0.1, -0.05) is 11.8 Å². The molecule has 3 unspecified atom stereocenters. The Morgan fingerprint density at radius 1 is 1.27 bits per heavy atom. The second-order valence-electron chi connectivity index (χ2n) is 6.95. The Morgan fingerprint density at radius 2 is 2.08 bits per heavy atom. The second kappa shape index (κ2) is 7.50. The molecule has 1 amide bonds. The summed E-state index contributed by atoms with van der Waals surface area (Å²) in [6, 6.07) is 8.22. The topological polar surface area (TPSA) is 71.1 Å². The summed E-state index contributed by atoms with van der Waals surface area (Å²) in [6.45, 7) is 2.63. The zero-order valence-electron chi connectivity index (χ0n) is 14.5. The van der Waals surface area contributed by atoms with Crippen molar-refractivity contribution in [2.45, 2.75) is 47.5 Å².